The molecule has 0 aromatic carbocycles. The number of rotatable bonds is 2. The Hall–Kier alpha value is -0.740. The summed E-state index contributed by atoms with van der Waals surface area (Å²) in [5.74, 6) is -1.43. The van der Waals surface area contributed by atoms with Crippen LogP contribution in [0.4, 0.5) is 13.2 Å². The molecule has 2 rings (SSSR count). The Balaban J connectivity index is 1.77. The first-order chi connectivity index (χ1) is 7.47. The van der Waals surface area contributed by atoms with Crippen LogP contribution in [0, 0.1) is 11.8 Å². The van der Waals surface area contributed by atoms with E-state index in [1.807, 2.05) is 0 Å². The standard InChI is InChI=1S/C11H16F3NO/c12-11(13,14)8-3-1-7(2-4-8)10(16)15-9-5-6-9/h7-9H,1-6H2,(H,15,16). The van der Waals surface area contributed by atoms with E-state index in [0.717, 1.165) is 12.8 Å². The summed E-state index contributed by atoms with van der Waals surface area (Å²) in [5, 5.41) is 2.86. The molecule has 2 nitrogen and oxygen atoms in total. The van der Waals surface area contributed by atoms with Gasteiger partial charge in [-0.1, -0.05) is 0 Å². The molecule has 0 aromatic heterocycles. The van der Waals surface area contributed by atoms with E-state index in [4.69, 9.17) is 0 Å². The van der Waals surface area contributed by atoms with Crippen LogP contribution in [0.5, 0.6) is 0 Å². The van der Waals surface area contributed by atoms with Crippen molar-refractivity contribution in [1.29, 1.82) is 0 Å². The topological polar surface area (TPSA) is 29.1 Å². The molecule has 0 atom stereocenters. The maximum atomic E-state index is 12.4. The van der Waals surface area contributed by atoms with E-state index >= 15 is 0 Å². The summed E-state index contributed by atoms with van der Waals surface area (Å²) >= 11 is 0. The highest BCUT2D eigenvalue weighted by Gasteiger charge is 2.42. The molecule has 1 amide bonds. The van der Waals surface area contributed by atoms with Gasteiger partial charge in [-0.05, 0) is 38.5 Å². The predicted octanol–water partition coefficient (Wildman–Crippen LogP) is 2.63. The first-order valence-corrected chi connectivity index (χ1v) is 5.84. The largest absolute Gasteiger partial charge is 0.391 e. The second-order valence-corrected chi connectivity index (χ2v) is 4.87. The van der Waals surface area contributed by atoms with Crippen molar-refractivity contribution in [1.82, 2.24) is 5.32 Å². The fraction of sp³-hybridized carbons (Fsp3) is 0.909. The molecule has 16 heavy (non-hydrogen) atoms. The third-order valence-electron chi connectivity index (χ3n) is 3.48. The average molecular weight is 235 g/mol. The summed E-state index contributed by atoms with van der Waals surface area (Å²) in [5.41, 5.74) is 0. The first-order valence-electron chi connectivity index (χ1n) is 5.84. The summed E-state index contributed by atoms with van der Waals surface area (Å²) in [6, 6.07) is 0.299. The van der Waals surface area contributed by atoms with Crippen molar-refractivity contribution in [2.45, 2.75) is 50.7 Å². The van der Waals surface area contributed by atoms with E-state index in [-0.39, 0.29) is 24.7 Å². The van der Waals surface area contributed by atoms with E-state index in [2.05, 4.69) is 5.32 Å². The Labute approximate surface area is 92.6 Å². The summed E-state index contributed by atoms with van der Waals surface area (Å²) in [6.07, 6.45) is -1.09. The van der Waals surface area contributed by atoms with Crippen molar-refractivity contribution in [2.75, 3.05) is 0 Å². The third kappa shape index (κ3) is 2.89. The van der Waals surface area contributed by atoms with E-state index in [9.17, 15) is 18.0 Å². The van der Waals surface area contributed by atoms with Gasteiger partial charge >= 0.3 is 6.18 Å². The summed E-state index contributed by atoms with van der Waals surface area (Å²) in [6.45, 7) is 0. The fourth-order valence-electron chi connectivity index (χ4n) is 2.23. The number of hydrogen-bond donors (Lipinski definition) is 1. The number of hydrogen-bond acceptors (Lipinski definition) is 1. The van der Waals surface area contributed by atoms with Crippen molar-refractivity contribution in [2.24, 2.45) is 11.8 Å². The highest BCUT2D eigenvalue weighted by molar-refractivity contribution is 5.79. The molecular weight excluding hydrogens is 219 g/mol. The zero-order valence-electron chi connectivity index (χ0n) is 9.02. The van der Waals surface area contributed by atoms with Crippen LogP contribution in [0.3, 0.4) is 0 Å². The lowest BCUT2D eigenvalue weighted by atomic mass is 9.81. The van der Waals surface area contributed by atoms with Gasteiger partial charge in [-0.2, -0.15) is 13.2 Å². The molecule has 92 valence electrons. The van der Waals surface area contributed by atoms with Gasteiger partial charge in [0.2, 0.25) is 5.91 Å². The van der Waals surface area contributed by atoms with E-state index < -0.39 is 12.1 Å². The van der Waals surface area contributed by atoms with Gasteiger partial charge < -0.3 is 5.32 Å². The second kappa shape index (κ2) is 4.26. The Kier molecular flexibility index (Phi) is 3.13. The molecule has 5 heteroatoms. The number of alkyl halides is 3. The molecule has 0 aromatic rings. The fourth-order valence-corrected chi connectivity index (χ4v) is 2.23. The van der Waals surface area contributed by atoms with Crippen molar-refractivity contribution in [3.05, 3.63) is 0 Å². The zero-order valence-corrected chi connectivity index (χ0v) is 9.02. The van der Waals surface area contributed by atoms with Gasteiger partial charge in [0.1, 0.15) is 0 Å². The monoisotopic (exact) mass is 235 g/mol. The molecule has 2 fully saturated rings. The van der Waals surface area contributed by atoms with Crippen molar-refractivity contribution >= 4 is 5.91 Å². The number of carbonyl (C=O) groups is 1. The van der Waals surface area contributed by atoms with E-state index in [1.54, 1.807) is 0 Å². The van der Waals surface area contributed by atoms with Crippen molar-refractivity contribution in [3.8, 4) is 0 Å². The SMILES string of the molecule is O=C(NC1CC1)C1CCC(C(F)(F)F)CC1. The third-order valence-corrected chi connectivity index (χ3v) is 3.48. The van der Waals surface area contributed by atoms with Crippen LogP contribution in [0.1, 0.15) is 38.5 Å². The lowest BCUT2D eigenvalue weighted by molar-refractivity contribution is -0.184. The minimum atomic E-state index is -4.09. The molecular formula is C11H16F3NO. The Bertz CT molecular complexity index is 265. The van der Waals surface area contributed by atoms with Crippen LogP contribution in [-0.2, 0) is 4.79 Å². The number of halogens is 3. The van der Waals surface area contributed by atoms with Gasteiger partial charge in [0, 0.05) is 12.0 Å². The minimum absolute atomic E-state index is 0.0388. The average Bonchev–Trinajstić information content (AvgIpc) is 3.00. The first kappa shape index (κ1) is 11.7. The van der Waals surface area contributed by atoms with E-state index in [1.165, 1.54) is 0 Å². The molecule has 0 spiro atoms. The maximum absolute atomic E-state index is 12.4. The Morgan fingerprint density at radius 3 is 2.00 bits per heavy atom. The number of carbonyl (C=O) groups excluding carboxylic acids is 1. The molecule has 0 aliphatic heterocycles. The molecule has 2 aliphatic carbocycles. The molecule has 0 radical (unpaired) electrons. The van der Waals surface area contributed by atoms with Gasteiger partial charge in [0.25, 0.3) is 0 Å². The molecule has 1 N–H and O–H groups in total. The maximum Gasteiger partial charge on any atom is 0.391 e. The number of amides is 1. The van der Waals surface area contributed by atoms with Crippen LogP contribution in [-0.4, -0.2) is 18.1 Å². The molecule has 0 bridgehead atoms. The molecule has 2 saturated carbocycles. The van der Waals surface area contributed by atoms with Crippen molar-refractivity contribution in [3.63, 3.8) is 0 Å². The highest BCUT2D eigenvalue weighted by atomic mass is 19.4. The Morgan fingerprint density at radius 2 is 1.56 bits per heavy atom. The quantitative estimate of drug-likeness (QED) is 0.783. The van der Waals surface area contributed by atoms with Crippen LogP contribution in [0.25, 0.3) is 0 Å². The lowest BCUT2D eigenvalue weighted by Crippen LogP contribution is -2.36. The van der Waals surface area contributed by atoms with Gasteiger partial charge in [-0.25, -0.2) is 0 Å². The molecule has 0 heterocycles. The van der Waals surface area contributed by atoms with Crippen LogP contribution < -0.4 is 5.32 Å². The van der Waals surface area contributed by atoms with Gasteiger partial charge in [0.15, 0.2) is 0 Å². The van der Waals surface area contributed by atoms with Crippen molar-refractivity contribution < 1.29 is 18.0 Å². The lowest BCUT2D eigenvalue weighted by Gasteiger charge is -2.29. The smallest absolute Gasteiger partial charge is 0.353 e. The summed E-state index contributed by atoms with van der Waals surface area (Å²) in [7, 11) is 0. The number of nitrogens with one attached hydrogen (secondary N) is 1. The van der Waals surface area contributed by atoms with Crippen LogP contribution in [0.15, 0.2) is 0 Å². The highest BCUT2D eigenvalue weighted by Crippen LogP contribution is 2.39. The summed E-state index contributed by atoms with van der Waals surface area (Å²) in [4.78, 5) is 11.6. The molecule has 2 aliphatic rings. The second-order valence-electron chi connectivity index (χ2n) is 4.87. The predicted molar refractivity (Wildman–Crippen MR) is 52.7 cm³/mol. The van der Waals surface area contributed by atoms with Crippen LogP contribution >= 0.6 is 0 Å². The van der Waals surface area contributed by atoms with Crippen LogP contribution in [0.2, 0.25) is 0 Å². The molecule has 0 unspecified atom stereocenters. The van der Waals surface area contributed by atoms with Gasteiger partial charge in [0.05, 0.1) is 5.92 Å². The van der Waals surface area contributed by atoms with Gasteiger partial charge in [-0.3, -0.25) is 4.79 Å². The zero-order chi connectivity index (χ0) is 11.8. The van der Waals surface area contributed by atoms with Gasteiger partial charge in [-0.15, -0.1) is 0 Å². The minimum Gasteiger partial charge on any atom is -0.353 e. The Morgan fingerprint density at radius 1 is 1.00 bits per heavy atom. The van der Waals surface area contributed by atoms with E-state index in [0.29, 0.717) is 18.9 Å². The normalized spacial score (nSPS) is 31.2. The summed E-state index contributed by atoms with van der Waals surface area (Å²) < 4.78 is 37.2. The molecule has 0 saturated heterocycles.